The first-order chi connectivity index (χ1) is 19.0. The van der Waals surface area contributed by atoms with E-state index in [2.05, 4.69) is 5.32 Å². The van der Waals surface area contributed by atoms with Crippen molar-refractivity contribution in [3.63, 3.8) is 0 Å². The van der Waals surface area contributed by atoms with Gasteiger partial charge in [-0.15, -0.1) is 0 Å². The largest absolute Gasteiger partial charge is 0.352 e. The summed E-state index contributed by atoms with van der Waals surface area (Å²) in [5.41, 5.74) is 4.11. The normalized spacial score (nSPS) is 14.5. The van der Waals surface area contributed by atoms with Crippen LogP contribution < -0.4 is 9.62 Å². The fraction of sp³-hybridized carbons (Fsp3) is 0.375. The van der Waals surface area contributed by atoms with Crippen LogP contribution in [0, 0.1) is 20.8 Å². The number of aryl methyl sites for hydroxylation is 3. The summed E-state index contributed by atoms with van der Waals surface area (Å²) in [7, 11) is -4.08. The number of carbonyl (C=O) groups excluding carboxylic acids is 2. The highest BCUT2D eigenvalue weighted by Crippen LogP contribution is 2.26. The molecule has 3 aromatic rings. The lowest BCUT2D eigenvalue weighted by Crippen LogP contribution is -2.52. The van der Waals surface area contributed by atoms with Crippen LogP contribution >= 0.6 is 0 Å². The van der Waals surface area contributed by atoms with Gasteiger partial charge in [0.05, 0.1) is 10.6 Å². The lowest BCUT2D eigenvalue weighted by Gasteiger charge is -2.32. The number of hydrogen-bond donors (Lipinski definition) is 1. The maximum Gasteiger partial charge on any atom is 0.264 e. The average Bonchev–Trinajstić information content (AvgIpc) is 3.43. The topological polar surface area (TPSA) is 86.8 Å². The van der Waals surface area contributed by atoms with Gasteiger partial charge in [-0.05, 0) is 75.9 Å². The monoisotopic (exact) mass is 561 g/mol. The van der Waals surface area contributed by atoms with E-state index in [9.17, 15) is 18.0 Å². The third kappa shape index (κ3) is 7.10. The highest BCUT2D eigenvalue weighted by molar-refractivity contribution is 7.92. The first-order valence-electron chi connectivity index (χ1n) is 13.9. The van der Waals surface area contributed by atoms with Gasteiger partial charge in [0.15, 0.2) is 0 Å². The molecule has 1 N–H and O–H groups in total. The van der Waals surface area contributed by atoms with Gasteiger partial charge in [-0.2, -0.15) is 0 Å². The summed E-state index contributed by atoms with van der Waals surface area (Å²) in [5, 5.41) is 3.10. The quantitative estimate of drug-likeness (QED) is 0.365. The molecule has 0 unspecified atom stereocenters. The van der Waals surface area contributed by atoms with Crippen molar-refractivity contribution in [2.45, 2.75) is 76.9 Å². The second-order valence-electron chi connectivity index (χ2n) is 10.8. The van der Waals surface area contributed by atoms with E-state index in [1.54, 1.807) is 49.4 Å². The second kappa shape index (κ2) is 12.7. The zero-order chi connectivity index (χ0) is 28.9. The highest BCUT2D eigenvalue weighted by atomic mass is 32.2. The summed E-state index contributed by atoms with van der Waals surface area (Å²) in [5.74, 6) is -0.677. The lowest BCUT2D eigenvalue weighted by atomic mass is 10.1. The van der Waals surface area contributed by atoms with Crippen LogP contribution in [0.4, 0.5) is 5.69 Å². The smallest absolute Gasteiger partial charge is 0.264 e. The minimum atomic E-state index is -4.08. The van der Waals surface area contributed by atoms with Gasteiger partial charge in [-0.25, -0.2) is 8.42 Å². The standard InChI is InChI=1S/C32H39N3O4S/c1-23-15-17-30(18-16-23)40(38,39)35(29-14-8-10-25(3)20-29)22-31(36)34(21-27-11-7-9-24(2)19-27)26(4)32(37)33-28-12-5-6-13-28/h7-11,14-20,26,28H,5-6,12-13,21-22H2,1-4H3,(H,33,37)/t26-/m1/s1. The Morgan fingerprint density at radius 3 is 2.12 bits per heavy atom. The van der Waals surface area contributed by atoms with Gasteiger partial charge in [0, 0.05) is 12.6 Å². The Bertz CT molecular complexity index is 1450. The molecule has 3 aromatic carbocycles. The van der Waals surface area contributed by atoms with Crippen molar-refractivity contribution in [3.05, 3.63) is 95.1 Å². The molecule has 1 fully saturated rings. The molecular formula is C32H39N3O4S. The van der Waals surface area contributed by atoms with Gasteiger partial charge in [0.25, 0.3) is 10.0 Å². The van der Waals surface area contributed by atoms with E-state index in [0.717, 1.165) is 52.2 Å². The van der Waals surface area contributed by atoms with Crippen molar-refractivity contribution in [2.75, 3.05) is 10.8 Å². The number of rotatable bonds is 10. The number of benzene rings is 3. The molecule has 8 heteroatoms. The van der Waals surface area contributed by atoms with E-state index in [4.69, 9.17) is 0 Å². The van der Waals surface area contributed by atoms with Crippen LogP contribution in [0.2, 0.25) is 0 Å². The van der Waals surface area contributed by atoms with Crippen LogP contribution in [0.3, 0.4) is 0 Å². The molecule has 1 aliphatic carbocycles. The van der Waals surface area contributed by atoms with Crippen molar-refractivity contribution in [2.24, 2.45) is 0 Å². The highest BCUT2D eigenvalue weighted by Gasteiger charge is 2.33. The molecule has 0 bridgehead atoms. The van der Waals surface area contributed by atoms with E-state index >= 15 is 0 Å². The SMILES string of the molecule is Cc1ccc(S(=O)(=O)N(CC(=O)N(Cc2cccc(C)c2)[C@H](C)C(=O)NC2CCCC2)c2cccc(C)c2)cc1. The molecule has 1 atom stereocenters. The molecule has 40 heavy (non-hydrogen) atoms. The summed E-state index contributed by atoms with van der Waals surface area (Å²) in [4.78, 5) is 29.0. The number of carbonyl (C=O) groups is 2. The van der Waals surface area contributed by atoms with E-state index in [0.29, 0.717) is 5.69 Å². The minimum Gasteiger partial charge on any atom is -0.352 e. The van der Waals surface area contributed by atoms with Crippen molar-refractivity contribution >= 4 is 27.5 Å². The first kappa shape index (κ1) is 29.3. The molecule has 0 aromatic heterocycles. The van der Waals surface area contributed by atoms with E-state index in [1.807, 2.05) is 51.1 Å². The van der Waals surface area contributed by atoms with Crippen LogP contribution in [0.25, 0.3) is 0 Å². The molecule has 0 spiro atoms. The van der Waals surface area contributed by atoms with Crippen LogP contribution in [0.15, 0.2) is 77.7 Å². The second-order valence-corrected chi connectivity index (χ2v) is 12.7. The average molecular weight is 562 g/mol. The van der Waals surface area contributed by atoms with Crippen molar-refractivity contribution in [1.82, 2.24) is 10.2 Å². The Labute approximate surface area is 238 Å². The van der Waals surface area contributed by atoms with Gasteiger partial charge in [0.2, 0.25) is 11.8 Å². The van der Waals surface area contributed by atoms with Crippen molar-refractivity contribution in [3.8, 4) is 0 Å². The van der Waals surface area contributed by atoms with E-state index in [1.165, 1.54) is 4.90 Å². The van der Waals surface area contributed by atoms with Crippen molar-refractivity contribution in [1.29, 1.82) is 0 Å². The summed E-state index contributed by atoms with van der Waals surface area (Å²) in [6, 6.07) is 20.8. The maximum atomic E-state index is 14.1. The van der Waals surface area contributed by atoms with E-state index < -0.39 is 28.5 Å². The number of nitrogens with zero attached hydrogens (tertiary/aromatic N) is 2. The third-order valence-electron chi connectivity index (χ3n) is 7.48. The zero-order valence-electron chi connectivity index (χ0n) is 23.8. The number of amides is 2. The lowest BCUT2D eigenvalue weighted by molar-refractivity contribution is -0.139. The zero-order valence-corrected chi connectivity index (χ0v) is 24.6. The van der Waals surface area contributed by atoms with Gasteiger partial charge in [0.1, 0.15) is 12.6 Å². The Morgan fingerprint density at radius 2 is 1.50 bits per heavy atom. The molecule has 1 saturated carbocycles. The van der Waals surface area contributed by atoms with Gasteiger partial charge in [-0.3, -0.25) is 13.9 Å². The molecule has 0 heterocycles. The predicted molar refractivity (Wildman–Crippen MR) is 158 cm³/mol. The molecule has 0 aliphatic heterocycles. The van der Waals surface area contributed by atoms with E-state index in [-0.39, 0.29) is 23.4 Å². The third-order valence-corrected chi connectivity index (χ3v) is 9.27. The molecule has 212 valence electrons. The Morgan fingerprint density at radius 1 is 0.875 bits per heavy atom. The molecule has 1 aliphatic rings. The molecular weight excluding hydrogens is 522 g/mol. The number of sulfonamides is 1. The Balaban J connectivity index is 1.69. The van der Waals surface area contributed by atoms with Crippen LogP contribution in [-0.2, 0) is 26.2 Å². The number of anilines is 1. The van der Waals surface area contributed by atoms with Gasteiger partial charge < -0.3 is 10.2 Å². The van der Waals surface area contributed by atoms with Gasteiger partial charge in [-0.1, -0.05) is 72.5 Å². The number of nitrogens with one attached hydrogen (secondary N) is 1. The van der Waals surface area contributed by atoms with Crippen LogP contribution in [0.5, 0.6) is 0 Å². The predicted octanol–water partition coefficient (Wildman–Crippen LogP) is 5.28. The molecule has 2 amide bonds. The summed E-state index contributed by atoms with van der Waals surface area (Å²) in [6.07, 6.45) is 4.02. The molecule has 7 nitrogen and oxygen atoms in total. The molecule has 0 saturated heterocycles. The van der Waals surface area contributed by atoms with Crippen LogP contribution in [0.1, 0.15) is 54.9 Å². The fourth-order valence-electron chi connectivity index (χ4n) is 5.13. The first-order valence-corrected chi connectivity index (χ1v) is 15.3. The fourth-order valence-corrected chi connectivity index (χ4v) is 6.54. The maximum absolute atomic E-state index is 14.1. The summed E-state index contributed by atoms with van der Waals surface area (Å²) < 4.78 is 29.0. The summed E-state index contributed by atoms with van der Waals surface area (Å²) in [6.45, 7) is 7.20. The molecule has 0 radical (unpaired) electrons. The molecule has 4 rings (SSSR count). The summed E-state index contributed by atoms with van der Waals surface area (Å²) >= 11 is 0. The van der Waals surface area contributed by atoms with Gasteiger partial charge >= 0.3 is 0 Å². The Kier molecular flexibility index (Phi) is 9.30. The number of hydrogen-bond acceptors (Lipinski definition) is 4. The van der Waals surface area contributed by atoms with Crippen molar-refractivity contribution < 1.29 is 18.0 Å². The Hall–Kier alpha value is -3.65. The van der Waals surface area contributed by atoms with Crippen LogP contribution in [-0.4, -0.2) is 43.8 Å². The minimum absolute atomic E-state index is 0.102.